The lowest BCUT2D eigenvalue weighted by Crippen LogP contribution is -2.29. The van der Waals surface area contributed by atoms with E-state index in [1.807, 2.05) is 30.3 Å². The van der Waals surface area contributed by atoms with Crippen molar-refractivity contribution in [2.45, 2.75) is 38.1 Å². The second-order valence-corrected chi connectivity index (χ2v) is 6.56. The highest BCUT2D eigenvalue weighted by Crippen LogP contribution is 2.20. The summed E-state index contributed by atoms with van der Waals surface area (Å²) in [7, 11) is 1.62. The van der Waals surface area contributed by atoms with Gasteiger partial charge in [0.05, 0.1) is 13.7 Å². The van der Waals surface area contributed by atoms with Crippen molar-refractivity contribution in [2.24, 2.45) is 0 Å². The maximum atomic E-state index is 12.1. The Morgan fingerprint density at radius 3 is 2.44 bits per heavy atom. The van der Waals surface area contributed by atoms with Gasteiger partial charge in [0.2, 0.25) is 0 Å². The predicted octanol–water partition coefficient (Wildman–Crippen LogP) is 3.04. The Morgan fingerprint density at radius 2 is 1.78 bits per heavy atom. The first kappa shape index (κ1) is 18.9. The number of methoxy groups -OCH3 is 1. The smallest absolute Gasteiger partial charge is 0.271 e. The van der Waals surface area contributed by atoms with Gasteiger partial charge in [-0.2, -0.15) is 0 Å². The van der Waals surface area contributed by atoms with Crippen molar-refractivity contribution in [3.63, 3.8) is 0 Å². The number of aromatic nitrogens is 2. The summed E-state index contributed by atoms with van der Waals surface area (Å²) in [6, 6.07) is 11.3. The fourth-order valence-corrected chi connectivity index (χ4v) is 3.08. The molecule has 144 valence electrons. The summed E-state index contributed by atoms with van der Waals surface area (Å²) in [4.78, 5) is 12.1. The topological polar surface area (TPSA) is 85.4 Å². The van der Waals surface area contributed by atoms with Gasteiger partial charge in [0.25, 0.3) is 5.91 Å². The highest BCUT2D eigenvalue weighted by atomic mass is 16.5. The zero-order valence-electron chi connectivity index (χ0n) is 15.6. The molecule has 0 aliphatic heterocycles. The van der Waals surface area contributed by atoms with Crippen molar-refractivity contribution in [2.75, 3.05) is 25.6 Å². The Kier molecular flexibility index (Phi) is 6.84. The number of carbonyl (C=O) groups excluding carboxylic acids is 1. The molecule has 0 spiro atoms. The Morgan fingerprint density at radius 1 is 1.04 bits per heavy atom. The number of carbonyl (C=O) groups is 1. The SMILES string of the molecule is COc1ccc(OCCNC(=O)c2ccc(NC3CCCCC3)nn2)cc1. The Hall–Kier alpha value is -2.83. The first-order chi connectivity index (χ1) is 13.2. The van der Waals surface area contributed by atoms with Crippen molar-refractivity contribution in [1.82, 2.24) is 15.5 Å². The Bertz CT molecular complexity index is 713. The highest BCUT2D eigenvalue weighted by molar-refractivity contribution is 5.92. The van der Waals surface area contributed by atoms with Crippen LogP contribution in [0.3, 0.4) is 0 Å². The van der Waals surface area contributed by atoms with E-state index in [9.17, 15) is 4.79 Å². The zero-order chi connectivity index (χ0) is 18.9. The van der Waals surface area contributed by atoms with Gasteiger partial charge in [-0.1, -0.05) is 19.3 Å². The van der Waals surface area contributed by atoms with Crippen LogP contribution >= 0.6 is 0 Å². The van der Waals surface area contributed by atoms with E-state index in [0.29, 0.717) is 24.9 Å². The molecule has 7 heteroatoms. The van der Waals surface area contributed by atoms with E-state index < -0.39 is 0 Å². The zero-order valence-corrected chi connectivity index (χ0v) is 15.6. The minimum atomic E-state index is -0.259. The van der Waals surface area contributed by atoms with Gasteiger partial charge in [-0.3, -0.25) is 4.79 Å². The van der Waals surface area contributed by atoms with Gasteiger partial charge in [-0.05, 0) is 49.2 Å². The molecule has 0 bridgehead atoms. The summed E-state index contributed by atoms with van der Waals surface area (Å²) in [6.07, 6.45) is 6.15. The number of anilines is 1. The van der Waals surface area contributed by atoms with Crippen LogP contribution in [0.1, 0.15) is 42.6 Å². The van der Waals surface area contributed by atoms with Crippen LogP contribution in [0.4, 0.5) is 5.82 Å². The third-order valence-corrected chi connectivity index (χ3v) is 4.57. The molecule has 2 N–H and O–H groups in total. The molecular formula is C20H26N4O3. The van der Waals surface area contributed by atoms with E-state index in [2.05, 4.69) is 20.8 Å². The number of nitrogens with one attached hydrogen (secondary N) is 2. The number of hydrogen-bond acceptors (Lipinski definition) is 6. The summed E-state index contributed by atoms with van der Waals surface area (Å²) in [6.45, 7) is 0.751. The van der Waals surface area contributed by atoms with Crippen molar-refractivity contribution in [1.29, 1.82) is 0 Å². The standard InChI is InChI=1S/C20H26N4O3/c1-26-16-7-9-17(10-8-16)27-14-13-21-20(25)18-11-12-19(24-23-18)22-15-5-3-2-4-6-15/h7-12,15H,2-6,13-14H2,1H3,(H,21,25)(H,22,24). The lowest BCUT2D eigenvalue weighted by atomic mass is 9.95. The minimum Gasteiger partial charge on any atom is -0.497 e. The molecule has 1 fully saturated rings. The van der Waals surface area contributed by atoms with Crippen LogP contribution in [-0.2, 0) is 0 Å². The second-order valence-electron chi connectivity index (χ2n) is 6.56. The molecule has 0 radical (unpaired) electrons. The van der Waals surface area contributed by atoms with E-state index >= 15 is 0 Å². The monoisotopic (exact) mass is 370 g/mol. The fraction of sp³-hybridized carbons (Fsp3) is 0.450. The van der Waals surface area contributed by atoms with Gasteiger partial charge in [-0.25, -0.2) is 0 Å². The van der Waals surface area contributed by atoms with Crippen LogP contribution in [0.15, 0.2) is 36.4 Å². The molecule has 0 atom stereocenters. The molecule has 1 aliphatic rings. The quantitative estimate of drug-likeness (QED) is 0.695. The second kappa shape index (κ2) is 9.75. The Balaban J connectivity index is 1.39. The number of rotatable bonds is 8. The predicted molar refractivity (Wildman–Crippen MR) is 103 cm³/mol. The van der Waals surface area contributed by atoms with Crippen LogP contribution in [0.2, 0.25) is 0 Å². The highest BCUT2D eigenvalue weighted by Gasteiger charge is 2.14. The van der Waals surface area contributed by atoms with Crippen LogP contribution < -0.4 is 20.1 Å². The first-order valence-corrected chi connectivity index (χ1v) is 9.40. The average molecular weight is 370 g/mol. The number of nitrogens with zero attached hydrogens (tertiary/aromatic N) is 2. The summed E-state index contributed by atoms with van der Waals surface area (Å²) in [5.74, 6) is 1.96. The normalized spacial score (nSPS) is 14.4. The van der Waals surface area contributed by atoms with Gasteiger partial charge in [-0.15, -0.1) is 10.2 Å². The molecule has 27 heavy (non-hydrogen) atoms. The molecule has 1 amide bonds. The van der Waals surface area contributed by atoms with Crippen LogP contribution in [0.5, 0.6) is 11.5 Å². The van der Waals surface area contributed by atoms with E-state index in [1.165, 1.54) is 19.3 Å². The molecular weight excluding hydrogens is 344 g/mol. The van der Waals surface area contributed by atoms with Crippen LogP contribution in [-0.4, -0.2) is 42.4 Å². The van der Waals surface area contributed by atoms with Crippen molar-refractivity contribution in [3.05, 3.63) is 42.1 Å². The van der Waals surface area contributed by atoms with E-state index in [4.69, 9.17) is 9.47 Å². The number of ether oxygens (including phenoxy) is 2. The largest absolute Gasteiger partial charge is 0.497 e. The third kappa shape index (κ3) is 5.84. The number of amides is 1. The van der Waals surface area contributed by atoms with Crippen LogP contribution in [0.25, 0.3) is 0 Å². The minimum absolute atomic E-state index is 0.259. The first-order valence-electron chi connectivity index (χ1n) is 9.40. The number of hydrogen-bond donors (Lipinski definition) is 2. The molecule has 1 aliphatic carbocycles. The average Bonchev–Trinajstić information content (AvgIpc) is 2.73. The molecule has 7 nitrogen and oxygen atoms in total. The maximum Gasteiger partial charge on any atom is 0.271 e. The van der Waals surface area contributed by atoms with Gasteiger partial charge < -0.3 is 20.1 Å². The lowest BCUT2D eigenvalue weighted by molar-refractivity contribution is 0.0941. The number of benzene rings is 1. The summed E-state index contributed by atoms with van der Waals surface area (Å²) < 4.78 is 10.7. The van der Waals surface area contributed by atoms with Gasteiger partial charge in [0, 0.05) is 6.04 Å². The van der Waals surface area contributed by atoms with Crippen LogP contribution in [0, 0.1) is 0 Å². The molecule has 0 unspecified atom stereocenters. The third-order valence-electron chi connectivity index (χ3n) is 4.57. The van der Waals surface area contributed by atoms with Crippen molar-refractivity contribution in [3.8, 4) is 11.5 Å². The van der Waals surface area contributed by atoms with E-state index in [-0.39, 0.29) is 5.91 Å². The lowest BCUT2D eigenvalue weighted by Gasteiger charge is -2.22. The van der Waals surface area contributed by atoms with E-state index in [1.54, 1.807) is 13.2 Å². The van der Waals surface area contributed by atoms with Gasteiger partial charge in [0.1, 0.15) is 23.9 Å². The van der Waals surface area contributed by atoms with Crippen molar-refractivity contribution >= 4 is 11.7 Å². The molecule has 1 saturated carbocycles. The summed E-state index contributed by atoms with van der Waals surface area (Å²) in [5.41, 5.74) is 0.300. The maximum absolute atomic E-state index is 12.1. The summed E-state index contributed by atoms with van der Waals surface area (Å²) in [5, 5.41) is 14.3. The Labute approximate surface area is 159 Å². The molecule has 2 aromatic rings. The van der Waals surface area contributed by atoms with Gasteiger partial charge >= 0.3 is 0 Å². The van der Waals surface area contributed by atoms with Crippen molar-refractivity contribution < 1.29 is 14.3 Å². The van der Waals surface area contributed by atoms with Gasteiger partial charge in [0.15, 0.2) is 5.69 Å². The molecule has 1 aromatic carbocycles. The molecule has 3 rings (SSSR count). The molecule has 1 aromatic heterocycles. The van der Waals surface area contributed by atoms with E-state index in [0.717, 1.165) is 30.2 Å². The summed E-state index contributed by atoms with van der Waals surface area (Å²) >= 11 is 0. The molecule has 0 saturated heterocycles. The molecule has 1 heterocycles. The fourth-order valence-electron chi connectivity index (χ4n) is 3.08.